The number of amides is 2. The molecule has 1 unspecified atom stereocenters. The van der Waals surface area contributed by atoms with E-state index in [4.69, 9.17) is 5.73 Å². The maximum atomic E-state index is 12.8. The average Bonchev–Trinajstić information content (AvgIpc) is 3.29. The Bertz CT molecular complexity index is 962. The third kappa shape index (κ3) is 2.96. The molecule has 0 saturated carbocycles. The second-order valence-electron chi connectivity index (χ2n) is 6.76. The fourth-order valence-electron chi connectivity index (χ4n) is 3.72. The number of aromatic nitrogens is 1. The number of fused-ring (bicyclic) bond motifs is 1. The molecule has 3 aromatic rings. The summed E-state index contributed by atoms with van der Waals surface area (Å²) < 4.78 is 2.17. The van der Waals surface area contributed by atoms with Gasteiger partial charge in [-0.3, -0.25) is 9.59 Å². The van der Waals surface area contributed by atoms with E-state index in [0.29, 0.717) is 18.5 Å². The first-order chi connectivity index (χ1) is 12.6. The minimum absolute atomic E-state index is 0.121. The molecule has 1 fully saturated rings. The first kappa shape index (κ1) is 16.4. The molecule has 1 aliphatic heterocycles. The molecule has 2 aromatic carbocycles. The highest BCUT2D eigenvalue weighted by molar-refractivity contribution is 6.00. The maximum Gasteiger partial charge on any atom is 0.254 e. The fourth-order valence-corrected chi connectivity index (χ4v) is 3.72. The van der Waals surface area contributed by atoms with Crippen LogP contribution in [0.2, 0.25) is 0 Å². The van der Waals surface area contributed by atoms with Crippen molar-refractivity contribution in [2.24, 2.45) is 5.73 Å². The van der Waals surface area contributed by atoms with E-state index in [1.165, 1.54) is 5.56 Å². The minimum Gasteiger partial charge on any atom is -0.368 e. The summed E-state index contributed by atoms with van der Waals surface area (Å²) in [5.41, 5.74) is 8.35. The lowest BCUT2D eigenvalue weighted by atomic mass is 10.1. The molecule has 132 valence electrons. The molecular formula is C21H21N3O2. The number of benzene rings is 2. The summed E-state index contributed by atoms with van der Waals surface area (Å²) in [5, 5.41) is 1.02. The summed E-state index contributed by atoms with van der Waals surface area (Å²) in [6, 6.07) is 17.5. The summed E-state index contributed by atoms with van der Waals surface area (Å²) >= 11 is 0. The van der Waals surface area contributed by atoms with Gasteiger partial charge in [0.1, 0.15) is 6.04 Å². The van der Waals surface area contributed by atoms with Gasteiger partial charge in [-0.2, -0.15) is 0 Å². The third-order valence-corrected chi connectivity index (χ3v) is 5.06. The van der Waals surface area contributed by atoms with Crippen LogP contribution in [0, 0.1) is 0 Å². The molecule has 0 bridgehead atoms. The number of nitrogens with zero attached hydrogens (tertiary/aromatic N) is 2. The summed E-state index contributed by atoms with van der Waals surface area (Å²) in [5.74, 6) is -0.546. The van der Waals surface area contributed by atoms with Gasteiger partial charge in [0.05, 0.1) is 0 Å². The topological polar surface area (TPSA) is 68.3 Å². The number of carbonyl (C=O) groups excluding carboxylic acids is 2. The Morgan fingerprint density at radius 3 is 2.65 bits per heavy atom. The minimum atomic E-state index is -0.485. The van der Waals surface area contributed by atoms with Gasteiger partial charge in [-0.15, -0.1) is 0 Å². The van der Waals surface area contributed by atoms with Gasteiger partial charge in [-0.1, -0.05) is 30.3 Å². The van der Waals surface area contributed by atoms with Gasteiger partial charge in [0.2, 0.25) is 5.91 Å². The highest BCUT2D eigenvalue weighted by Crippen LogP contribution is 2.23. The van der Waals surface area contributed by atoms with Gasteiger partial charge < -0.3 is 15.2 Å². The van der Waals surface area contributed by atoms with E-state index in [9.17, 15) is 9.59 Å². The fraction of sp³-hybridized carbons (Fsp3) is 0.238. The van der Waals surface area contributed by atoms with Gasteiger partial charge in [0, 0.05) is 35.8 Å². The molecule has 5 heteroatoms. The van der Waals surface area contributed by atoms with Gasteiger partial charge in [0.15, 0.2) is 0 Å². The van der Waals surface area contributed by atoms with E-state index < -0.39 is 11.9 Å². The zero-order chi connectivity index (χ0) is 18.1. The van der Waals surface area contributed by atoms with Gasteiger partial charge in [-0.25, -0.2) is 0 Å². The summed E-state index contributed by atoms with van der Waals surface area (Å²) in [6.07, 6.45) is 3.50. The van der Waals surface area contributed by atoms with Crippen molar-refractivity contribution >= 4 is 22.7 Å². The van der Waals surface area contributed by atoms with Crippen molar-refractivity contribution in [2.45, 2.75) is 25.4 Å². The molecule has 1 aromatic heterocycles. The molecule has 1 aliphatic rings. The molecular weight excluding hydrogens is 326 g/mol. The number of likely N-dealkylation sites (tertiary alicyclic amines) is 1. The van der Waals surface area contributed by atoms with Crippen LogP contribution in [0.1, 0.15) is 28.8 Å². The van der Waals surface area contributed by atoms with Crippen LogP contribution >= 0.6 is 0 Å². The largest absolute Gasteiger partial charge is 0.368 e. The normalized spacial score (nSPS) is 16.9. The van der Waals surface area contributed by atoms with Crippen molar-refractivity contribution in [1.29, 1.82) is 0 Å². The van der Waals surface area contributed by atoms with E-state index in [1.54, 1.807) is 4.90 Å². The second-order valence-corrected chi connectivity index (χ2v) is 6.76. The summed E-state index contributed by atoms with van der Waals surface area (Å²) in [6.45, 7) is 1.37. The highest BCUT2D eigenvalue weighted by Gasteiger charge is 2.33. The standard InChI is InChI=1S/C21H21N3O2/c22-20(25)19-7-4-11-24(19)21(26)17-8-9-18-16(13-17)10-12-23(18)14-15-5-2-1-3-6-15/h1-3,5-6,8-10,12-13,19H,4,7,11,14H2,(H2,22,25). The molecule has 26 heavy (non-hydrogen) atoms. The quantitative estimate of drug-likeness (QED) is 0.788. The Hall–Kier alpha value is -3.08. The van der Waals surface area contributed by atoms with Crippen LogP contribution in [0.3, 0.4) is 0 Å². The molecule has 0 spiro atoms. The Morgan fingerprint density at radius 2 is 1.88 bits per heavy atom. The van der Waals surface area contributed by atoms with E-state index in [1.807, 2.05) is 48.7 Å². The number of primary amides is 1. The Balaban J connectivity index is 1.60. The van der Waals surface area contributed by atoms with Crippen molar-refractivity contribution in [2.75, 3.05) is 6.54 Å². The lowest BCUT2D eigenvalue weighted by molar-refractivity contribution is -0.121. The van der Waals surface area contributed by atoms with Crippen LogP contribution in [0.5, 0.6) is 0 Å². The lowest BCUT2D eigenvalue weighted by Crippen LogP contribution is -2.43. The predicted octanol–water partition coefficient (Wildman–Crippen LogP) is 2.78. The summed E-state index contributed by atoms with van der Waals surface area (Å²) in [4.78, 5) is 26.0. The van der Waals surface area contributed by atoms with Gasteiger partial charge in [-0.05, 0) is 42.7 Å². The SMILES string of the molecule is NC(=O)C1CCCN1C(=O)c1ccc2c(ccn2Cc2ccccc2)c1. The van der Waals surface area contributed by atoms with Crippen LogP contribution in [0.25, 0.3) is 10.9 Å². The molecule has 2 amide bonds. The second kappa shape index (κ2) is 6.67. The zero-order valence-electron chi connectivity index (χ0n) is 14.5. The van der Waals surface area contributed by atoms with Crippen molar-refractivity contribution < 1.29 is 9.59 Å². The van der Waals surface area contributed by atoms with Gasteiger partial charge >= 0.3 is 0 Å². The van der Waals surface area contributed by atoms with Crippen LogP contribution in [-0.2, 0) is 11.3 Å². The van der Waals surface area contributed by atoms with Crippen molar-refractivity contribution in [1.82, 2.24) is 9.47 Å². The predicted molar refractivity (Wildman–Crippen MR) is 101 cm³/mol. The number of nitrogens with two attached hydrogens (primary N) is 1. The van der Waals surface area contributed by atoms with E-state index in [2.05, 4.69) is 16.7 Å². The van der Waals surface area contributed by atoms with Crippen molar-refractivity contribution in [3.8, 4) is 0 Å². The molecule has 0 radical (unpaired) electrons. The summed E-state index contributed by atoms with van der Waals surface area (Å²) in [7, 11) is 0. The highest BCUT2D eigenvalue weighted by atomic mass is 16.2. The molecule has 0 aliphatic carbocycles. The maximum absolute atomic E-state index is 12.8. The van der Waals surface area contributed by atoms with E-state index >= 15 is 0 Å². The smallest absolute Gasteiger partial charge is 0.254 e. The molecule has 4 rings (SSSR count). The Labute approximate surface area is 152 Å². The van der Waals surface area contributed by atoms with E-state index in [-0.39, 0.29) is 5.91 Å². The number of hydrogen-bond acceptors (Lipinski definition) is 2. The zero-order valence-corrected chi connectivity index (χ0v) is 14.5. The molecule has 5 nitrogen and oxygen atoms in total. The monoisotopic (exact) mass is 347 g/mol. The molecule has 1 atom stereocenters. The Kier molecular flexibility index (Phi) is 4.21. The first-order valence-corrected chi connectivity index (χ1v) is 8.86. The molecule has 2 heterocycles. The van der Waals surface area contributed by atoms with Crippen LogP contribution in [-0.4, -0.2) is 33.9 Å². The first-order valence-electron chi connectivity index (χ1n) is 8.86. The number of carbonyl (C=O) groups is 2. The van der Waals surface area contributed by atoms with E-state index in [0.717, 1.165) is 23.9 Å². The lowest BCUT2D eigenvalue weighted by Gasteiger charge is -2.22. The molecule has 2 N–H and O–H groups in total. The van der Waals surface area contributed by atoms with Gasteiger partial charge in [0.25, 0.3) is 5.91 Å². The van der Waals surface area contributed by atoms with Crippen LogP contribution in [0.4, 0.5) is 0 Å². The number of rotatable bonds is 4. The average molecular weight is 347 g/mol. The Morgan fingerprint density at radius 1 is 1.08 bits per heavy atom. The van der Waals surface area contributed by atoms with Crippen molar-refractivity contribution in [3.63, 3.8) is 0 Å². The third-order valence-electron chi connectivity index (χ3n) is 5.06. The van der Waals surface area contributed by atoms with Crippen LogP contribution in [0.15, 0.2) is 60.8 Å². The van der Waals surface area contributed by atoms with Crippen LogP contribution < -0.4 is 5.73 Å². The van der Waals surface area contributed by atoms with Crippen molar-refractivity contribution in [3.05, 3.63) is 71.9 Å². The number of hydrogen-bond donors (Lipinski definition) is 1. The molecule has 1 saturated heterocycles.